The van der Waals surface area contributed by atoms with E-state index in [9.17, 15) is 0 Å². The maximum Gasteiger partial charge on any atom is 0.0637 e. The molecule has 5 nitrogen and oxygen atoms in total. The van der Waals surface area contributed by atoms with Crippen molar-refractivity contribution < 1.29 is 9.47 Å². The normalized spacial score (nSPS) is 10.3. The highest BCUT2D eigenvalue weighted by atomic mass is 16.5. The molecule has 0 spiro atoms. The van der Waals surface area contributed by atoms with Crippen molar-refractivity contribution in [2.75, 3.05) is 57.8 Å². The minimum atomic E-state index is 0.688. The van der Waals surface area contributed by atoms with Gasteiger partial charge in [-0.3, -0.25) is 4.98 Å². The number of hydrogen-bond donors (Lipinski definition) is 1. The number of rotatable bonds is 8. The van der Waals surface area contributed by atoms with Crippen molar-refractivity contribution in [3.63, 3.8) is 0 Å². The molecule has 17 heavy (non-hydrogen) atoms. The summed E-state index contributed by atoms with van der Waals surface area (Å²) in [4.78, 5) is 6.40. The van der Waals surface area contributed by atoms with Gasteiger partial charge in [0.25, 0.3) is 0 Å². The van der Waals surface area contributed by atoms with Gasteiger partial charge in [-0.15, -0.1) is 0 Å². The lowest BCUT2D eigenvalue weighted by molar-refractivity contribution is 0.190. The van der Waals surface area contributed by atoms with E-state index in [0.29, 0.717) is 13.2 Å². The summed E-state index contributed by atoms with van der Waals surface area (Å²) < 4.78 is 10.2. The third kappa shape index (κ3) is 4.58. The highest BCUT2D eigenvalue weighted by Crippen LogP contribution is 2.17. The number of methoxy groups -OCH3 is 2. The van der Waals surface area contributed by atoms with Crippen LogP contribution >= 0.6 is 0 Å². The van der Waals surface area contributed by atoms with Crippen LogP contribution in [0.25, 0.3) is 0 Å². The SMILES string of the molecule is CNc1cncc(N(CCOC)CCOC)c1. The highest BCUT2D eigenvalue weighted by Gasteiger charge is 2.07. The number of pyridine rings is 1. The van der Waals surface area contributed by atoms with Gasteiger partial charge in [0.1, 0.15) is 0 Å². The molecule has 0 saturated heterocycles. The van der Waals surface area contributed by atoms with Crippen LogP contribution in [0.3, 0.4) is 0 Å². The Morgan fingerprint density at radius 1 is 1.18 bits per heavy atom. The first-order valence-corrected chi connectivity index (χ1v) is 5.67. The van der Waals surface area contributed by atoms with Gasteiger partial charge in [0.05, 0.1) is 37.0 Å². The largest absolute Gasteiger partial charge is 0.387 e. The zero-order valence-corrected chi connectivity index (χ0v) is 10.8. The molecule has 1 aromatic rings. The lowest BCUT2D eigenvalue weighted by Crippen LogP contribution is -2.30. The number of hydrogen-bond acceptors (Lipinski definition) is 5. The van der Waals surface area contributed by atoms with Gasteiger partial charge in [-0.25, -0.2) is 0 Å². The molecule has 0 unspecified atom stereocenters. The Balaban J connectivity index is 2.71. The van der Waals surface area contributed by atoms with Gasteiger partial charge < -0.3 is 19.7 Å². The molecule has 96 valence electrons. The molecule has 1 aromatic heterocycles. The second-order valence-electron chi connectivity index (χ2n) is 3.65. The lowest BCUT2D eigenvalue weighted by Gasteiger charge is -2.24. The second-order valence-corrected chi connectivity index (χ2v) is 3.65. The molecule has 0 amide bonds. The van der Waals surface area contributed by atoms with Gasteiger partial charge in [0, 0.05) is 34.4 Å². The number of nitrogens with zero attached hydrogens (tertiary/aromatic N) is 2. The highest BCUT2D eigenvalue weighted by molar-refractivity contribution is 5.55. The molecule has 0 bridgehead atoms. The van der Waals surface area contributed by atoms with Crippen LogP contribution < -0.4 is 10.2 Å². The van der Waals surface area contributed by atoms with Crippen LogP contribution in [-0.4, -0.2) is 52.6 Å². The first kappa shape index (κ1) is 13.7. The van der Waals surface area contributed by atoms with Gasteiger partial charge in [-0.2, -0.15) is 0 Å². The Bertz CT molecular complexity index is 312. The molecule has 1 rings (SSSR count). The van der Waals surface area contributed by atoms with Crippen LogP contribution in [-0.2, 0) is 9.47 Å². The van der Waals surface area contributed by atoms with Crippen molar-refractivity contribution in [2.45, 2.75) is 0 Å². The van der Waals surface area contributed by atoms with Gasteiger partial charge in [-0.05, 0) is 6.07 Å². The Kier molecular flexibility index (Phi) is 6.35. The summed E-state index contributed by atoms with van der Waals surface area (Å²) in [7, 11) is 5.29. The van der Waals surface area contributed by atoms with Gasteiger partial charge in [0.15, 0.2) is 0 Å². The standard InChI is InChI=1S/C12H21N3O2/c1-13-11-8-12(10-14-9-11)15(4-6-16-2)5-7-17-3/h8-10,13H,4-7H2,1-3H3. The molecular weight excluding hydrogens is 218 g/mol. The molecule has 1 N–H and O–H groups in total. The van der Waals surface area contributed by atoms with E-state index in [-0.39, 0.29) is 0 Å². The fourth-order valence-electron chi connectivity index (χ4n) is 1.51. The first-order valence-electron chi connectivity index (χ1n) is 5.67. The minimum absolute atomic E-state index is 0.688. The van der Waals surface area contributed by atoms with E-state index in [2.05, 4.69) is 21.3 Å². The van der Waals surface area contributed by atoms with Crippen molar-refractivity contribution in [2.24, 2.45) is 0 Å². The maximum atomic E-state index is 5.11. The van der Waals surface area contributed by atoms with E-state index in [1.807, 2.05) is 13.2 Å². The monoisotopic (exact) mass is 239 g/mol. The summed E-state index contributed by atoms with van der Waals surface area (Å²) in [6, 6.07) is 2.07. The first-order chi connectivity index (χ1) is 8.31. The van der Waals surface area contributed by atoms with Crippen molar-refractivity contribution in [3.8, 4) is 0 Å². The molecule has 0 aliphatic carbocycles. The molecule has 0 aliphatic heterocycles. The summed E-state index contributed by atoms with van der Waals surface area (Å²) in [5, 5.41) is 3.08. The van der Waals surface area contributed by atoms with E-state index in [1.54, 1.807) is 20.4 Å². The summed E-state index contributed by atoms with van der Waals surface area (Å²) in [5.74, 6) is 0. The molecule has 0 aromatic carbocycles. The minimum Gasteiger partial charge on any atom is -0.387 e. The third-order valence-corrected chi connectivity index (χ3v) is 2.51. The average Bonchev–Trinajstić information content (AvgIpc) is 2.39. The topological polar surface area (TPSA) is 46.6 Å². The van der Waals surface area contributed by atoms with Gasteiger partial charge >= 0.3 is 0 Å². The van der Waals surface area contributed by atoms with Crippen LogP contribution in [0.2, 0.25) is 0 Å². The molecule has 0 atom stereocenters. The Hall–Kier alpha value is -1.33. The van der Waals surface area contributed by atoms with E-state index in [1.165, 1.54) is 0 Å². The maximum absolute atomic E-state index is 5.11. The third-order valence-electron chi connectivity index (χ3n) is 2.51. The van der Waals surface area contributed by atoms with Crippen molar-refractivity contribution >= 4 is 11.4 Å². The quantitative estimate of drug-likeness (QED) is 0.739. The fraction of sp³-hybridized carbons (Fsp3) is 0.583. The number of nitrogens with one attached hydrogen (secondary N) is 1. The summed E-state index contributed by atoms with van der Waals surface area (Å²) in [6.45, 7) is 3.03. The average molecular weight is 239 g/mol. The number of anilines is 2. The van der Waals surface area contributed by atoms with Crippen LogP contribution in [0.5, 0.6) is 0 Å². The zero-order valence-electron chi connectivity index (χ0n) is 10.8. The van der Waals surface area contributed by atoms with E-state index in [4.69, 9.17) is 9.47 Å². The molecule has 0 aliphatic rings. The molecule has 1 heterocycles. The predicted molar refractivity (Wildman–Crippen MR) is 69.7 cm³/mol. The van der Waals surface area contributed by atoms with E-state index < -0.39 is 0 Å². The van der Waals surface area contributed by atoms with E-state index >= 15 is 0 Å². The van der Waals surface area contributed by atoms with Crippen molar-refractivity contribution in [3.05, 3.63) is 18.5 Å². The molecular formula is C12H21N3O2. The summed E-state index contributed by atoms with van der Waals surface area (Å²) in [6.07, 6.45) is 3.65. The zero-order chi connectivity index (χ0) is 12.5. The second kappa shape index (κ2) is 7.86. The van der Waals surface area contributed by atoms with Gasteiger partial charge in [-0.1, -0.05) is 0 Å². The molecule has 0 fully saturated rings. The van der Waals surface area contributed by atoms with Crippen molar-refractivity contribution in [1.29, 1.82) is 0 Å². The molecule has 0 radical (unpaired) electrons. The Labute approximate surface area is 103 Å². The van der Waals surface area contributed by atoms with Crippen LogP contribution in [0.15, 0.2) is 18.5 Å². The summed E-state index contributed by atoms with van der Waals surface area (Å²) >= 11 is 0. The van der Waals surface area contributed by atoms with Gasteiger partial charge in [0.2, 0.25) is 0 Å². The molecule has 0 saturated carbocycles. The van der Waals surface area contributed by atoms with E-state index in [0.717, 1.165) is 24.5 Å². The molecule has 5 heteroatoms. The predicted octanol–water partition coefficient (Wildman–Crippen LogP) is 1.22. The van der Waals surface area contributed by atoms with Crippen LogP contribution in [0, 0.1) is 0 Å². The van der Waals surface area contributed by atoms with Crippen molar-refractivity contribution in [1.82, 2.24) is 4.98 Å². The van der Waals surface area contributed by atoms with Crippen LogP contribution in [0.1, 0.15) is 0 Å². The lowest BCUT2D eigenvalue weighted by atomic mass is 10.3. The Morgan fingerprint density at radius 2 is 1.82 bits per heavy atom. The fourth-order valence-corrected chi connectivity index (χ4v) is 1.51. The summed E-state index contributed by atoms with van der Waals surface area (Å²) in [5.41, 5.74) is 2.08. The van der Waals surface area contributed by atoms with Crippen LogP contribution in [0.4, 0.5) is 11.4 Å². The number of ether oxygens (including phenoxy) is 2. The smallest absolute Gasteiger partial charge is 0.0637 e. The number of aromatic nitrogens is 1. The Morgan fingerprint density at radius 3 is 2.35 bits per heavy atom.